The molecule has 2 aromatic heterocycles. The van der Waals surface area contributed by atoms with E-state index in [9.17, 15) is 9.90 Å². The van der Waals surface area contributed by atoms with Crippen LogP contribution in [0.1, 0.15) is 47.2 Å². The zero-order valence-corrected chi connectivity index (χ0v) is 14.1. The van der Waals surface area contributed by atoms with Crippen molar-refractivity contribution in [2.45, 2.75) is 38.8 Å². The van der Waals surface area contributed by atoms with Crippen molar-refractivity contribution < 1.29 is 18.8 Å². The number of nitrogens with zero attached hydrogens (tertiary/aromatic N) is 3. The van der Waals surface area contributed by atoms with Crippen molar-refractivity contribution in [2.75, 3.05) is 6.54 Å². The van der Waals surface area contributed by atoms with Crippen LogP contribution in [-0.4, -0.2) is 38.7 Å². The van der Waals surface area contributed by atoms with E-state index in [2.05, 4.69) is 10.1 Å². The number of furan rings is 1. The average Bonchev–Trinajstić information content (AvgIpc) is 3.29. The van der Waals surface area contributed by atoms with Crippen LogP contribution in [0.2, 0.25) is 0 Å². The summed E-state index contributed by atoms with van der Waals surface area (Å²) in [7, 11) is 0. The van der Waals surface area contributed by atoms with Gasteiger partial charge in [0.15, 0.2) is 5.82 Å². The van der Waals surface area contributed by atoms with Gasteiger partial charge in [-0.3, -0.25) is 4.79 Å². The first kappa shape index (κ1) is 15.8. The Balaban J connectivity index is 1.77. The molecule has 0 aliphatic carbocycles. The molecule has 3 aromatic rings. The van der Waals surface area contributed by atoms with Crippen LogP contribution in [0.3, 0.4) is 0 Å². The second-order valence-electron chi connectivity index (χ2n) is 6.29. The molecule has 1 aromatic carbocycles. The predicted octanol–water partition coefficient (Wildman–Crippen LogP) is 2.63. The number of likely N-dealkylation sites (tertiary alicyclic amines) is 1. The molecule has 7 nitrogen and oxygen atoms in total. The van der Waals surface area contributed by atoms with Gasteiger partial charge in [0.05, 0.1) is 11.7 Å². The highest BCUT2D eigenvalue weighted by atomic mass is 16.5. The Bertz CT molecular complexity index is 929. The van der Waals surface area contributed by atoms with E-state index in [1.807, 2.05) is 31.2 Å². The second-order valence-corrected chi connectivity index (χ2v) is 6.29. The Morgan fingerprint density at radius 2 is 2.20 bits per heavy atom. The fourth-order valence-corrected chi connectivity index (χ4v) is 3.44. The lowest BCUT2D eigenvalue weighted by molar-refractivity contribution is 0.0693. The van der Waals surface area contributed by atoms with Crippen LogP contribution < -0.4 is 0 Å². The molecule has 1 aliphatic heterocycles. The van der Waals surface area contributed by atoms with Crippen molar-refractivity contribution in [3.8, 4) is 0 Å². The molecule has 0 bridgehead atoms. The van der Waals surface area contributed by atoms with Gasteiger partial charge >= 0.3 is 0 Å². The van der Waals surface area contributed by atoms with Gasteiger partial charge in [-0.25, -0.2) is 0 Å². The number of aliphatic hydroxyl groups excluding tert-OH is 1. The van der Waals surface area contributed by atoms with Crippen LogP contribution in [0, 0.1) is 6.92 Å². The quantitative estimate of drug-likeness (QED) is 0.787. The zero-order valence-electron chi connectivity index (χ0n) is 14.1. The topological polar surface area (TPSA) is 92.6 Å². The van der Waals surface area contributed by atoms with Crippen molar-refractivity contribution in [3.63, 3.8) is 0 Å². The SMILES string of the molecule is CCc1oc2ccccc2c1C(=O)N1C[C@@H](O)C[C@@H]1c1nc(C)no1. The highest BCUT2D eigenvalue weighted by molar-refractivity contribution is 6.07. The molecule has 0 saturated carbocycles. The molecular formula is C18H19N3O4. The molecule has 0 unspecified atom stereocenters. The van der Waals surface area contributed by atoms with E-state index in [4.69, 9.17) is 8.94 Å². The van der Waals surface area contributed by atoms with E-state index in [1.54, 1.807) is 11.8 Å². The molecule has 7 heteroatoms. The van der Waals surface area contributed by atoms with E-state index in [0.717, 1.165) is 5.39 Å². The molecule has 130 valence electrons. The maximum atomic E-state index is 13.3. The highest BCUT2D eigenvalue weighted by Gasteiger charge is 2.40. The van der Waals surface area contributed by atoms with E-state index in [1.165, 1.54) is 0 Å². The van der Waals surface area contributed by atoms with Gasteiger partial charge in [-0.05, 0) is 13.0 Å². The van der Waals surface area contributed by atoms with E-state index >= 15 is 0 Å². The first-order valence-corrected chi connectivity index (χ1v) is 8.38. The number of aliphatic hydroxyl groups is 1. The van der Waals surface area contributed by atoms with Crippen molar-refractivity contribution in [1.82, 2.24) is 15.0 Å². The molecule has 4 rings (SSSR count). The lowest BCUT2D eigenvalue weighted by Gasteiger charge is -2.21. The third-order valence-electron chi connectivity index (χ3n) is 4.57. The number of hydrogen-bond acceptors (Lipinski definition) is 6. The molecule has 0 radical (unpaired) electrons. The summed E-state index contributed by atoms with van der Waals surface area (Å²) in [5, 5.41) is 14.7. The maximum Gasteiger partial charge on any atom is 0.258 e. The van der Waals surface area contributed by atoms with Gasteiger partial charge in [0, 0.05) is 24.8 Å². The van der Waals surface area contributed by atoms with Crippen molar-refractivity contribution in [2.24, 2.45) is 0 Å². The fourth-order valence-electron chi connectivity index (χ4n) is 3.44. The first-order valence-electron chi connectivity index (χ1n) is 8.38. The lowest BCUT2D eigenvalue weighted by atomic mass is 10.1. The summed E-state index contributed by atoms with van der Waals surface area (Å²) in [6, 6.07) is 7.06. The number of β-amino-alcohol motifs (C(OH)–C–C–N with tert-alkyl or cyclic N) is 1. The molecule has 1 fully saturated rings. The Morgan fingerprint density at radius 1 is 1.40 bits per heavy atom. The number of rotatable bonds is 3. The molecule has 0 spiro atoms. The van der Waals surface area contributed by atoms with Crippen LogP contribution in [0.4, 0.5) is 0 Å². The number of benzene rings is 1. The largest absolute Gasteiger partial charge is 0.460 e. The number of carbonyl (C=O) groups excluding carboxylic acids is 1. The monoisotopic (exact) mass is 341 g/mol. The van der Waals surface area contributed by atoms with Gasteiger partial charge in [-0.2, -0.15) is 4.98 Å². The Morgan fingerprint density at radius 3 is 2.92 bits per heavy atom. The summed E-state index contributed by atoms with van der Waals surface area (Å²) >= 11 is 0. The molecule has 25 heavy (non-hydrogen) atoms. The number of amides is 1. The Labute approximate surface area is 144 Å². The van der Waals surface area contributed by atoms with Crippen LogP contribution >= 0.6 is 0 Å². The van der Waals surface area contributed by atoms with Crippen molar-refractivity contribution in [1.29, 1.82) is 0 Å². The standard InChI is InChI=1S/C18H19N3O4/c1-3-14-16(12-6-4-5-7-15(12)24-14)18(23)21-9-11(22)8-13(21)17-19-10(2)20-25-17/h4-7,11,13,22H,3,8-9H2,1-2H3/t11-,13+/m0/s1. The lowest BCUT2D eigenvalue weighted by Crippen LogP contribution is -2.32. The van der Waals surface area contributed by atoms with Gasteiger partial charge < -0.3 is 18.9 Å². The average molecular weight is 341 g/mol. The molecule has 1 N–H and O–H groups in total. The third kappa shape index (κ3) is 2.60. The summed E-state index contributed by atoms with van der Waals surface area (Å²) in [5.74, 6) is 1.33. The number of para-hydroxylation sites is 1. The summed E-state index contributed by atoms with van der Waals surface area (Å²) < 4.78 is 11.1. The van der Waals surface area contributed by atoms with Gasteiger partial charge in [-0.1, -0.05) is 30.3 Å². The van der Waals surface area contributed by atoms with Gasteiger partial charge in [0.25, 0.3) is 5.91 Å². The molecule has 1 aliphatic rings. The smallest absolute Gasteiger partial charge is 0.258 e. The summed E-state index contributed by atoms with van der Waals surface area (Å²) in [4.78, 5) is 19.1. The van der Waals surface area contributed by atoms with Crippen LogP contribution in [0.25, 0.3) is 11.0 Å². The van der Waals surface area contributed by atoms with Gasteiger partial charge in [0.1, 0.15) is 17.4 Å². The summed E-state index contributed by atoms with van der Waals surface area (Å²) in [6.07, 6.45) is 0.366. The number of aromatic nitrogens is 2. The molecule has 2 atom stereocenters. The Hall–Kier alpha value is -2.67. The summed E-state index contributed by atoms with van der Waals surface area (Å²) in [6.45, 7) is 3.91. The minimum absolute atomic E-state index is 0.181. The van der Waals surface area contributed by atoms with Crippen LogP contribution in [0.15, 0.2) is 33.2 Å². The molecule has 1 saturated heterocycles. The van der Waals surface area contributed by atoms with Gasteiger partial charge in [0.2, 0.25) is 5.89 Å². The third-order valence-corrected chi connectivity index (χ3v) is 4.57. The number of carbonyl (C=O) groups is 1. The van der Waals surface area contributed by atoms with Crippen molar-refractivity contribution in [3.05, 3.63) is 47.3 Å². The van der Waals surface area contributed by atoms with Crippen LogP contribution in [-0.2, 0) is 6.42 Å². The molecular weight excluding hydrogens is 322 g/mol. The minimum Gasteiger partial charge on any atom is -0.460 e. The van der Waals surface area contributed by atoms with Gasteiger partial charge in [-0.15, -0.1) is 0 Å². The highest BCUT2D eigenvalue weighted by Crippen LogP contribution is 2.35. The normalized spacial score (nSPS) is 20.5. The zero-order chi connectivity index (χ0) is 17.6. The molecule has 3 heterocycles. The van der Waals surface area contributed by atoms with E-state index < -0.39 is 12.1 Å². The summed E-state index contributed by atoms with van der Waals surface area (Å²) in [5.41, 5.74) is 1.24. The number of hydrogen-bond donors (Lipinski definition) is 1. The van der Waals surface area contributed by atoms with Crippen molar-refractivity contribution >= 4 is 16.9 Å². The van der Waals surface area contributed by atoms with E-state index in [0.29, 0.717) is 41.5 Å². The number of fused-ring (bicyclic) bond motifs is 1. The first-order chi connectivity index (χ1) is 12.1. The second kappa shape index (κ2) is 6.00. The fraction of sp³-hybridized carbons (Fsp3) is 0.389. The molecule has 1 amide bonds. The maximum absolute atomic E-state index is 13.3. The minimum atomic E-state index is -0.621. The van der Waals surface area contributed by atoms with Crippen LogP contribution in [0.5, 0.6) is 0 Å². The Kier molecular flexibility index (Phi) is 3.80. The van der Waals surface area contributed by atoms with E-state index in [-0.39, 0.29) is 12.5 Å². The number of aryl methyl sites for hydroxylation is 2. The predicted molar refractivity (Wildman–Crippen MR) is 89.0 cm³/mol.